The first-order valence-electron chi connectivity index (χ1n) is 11.2. The van der Waals surface area contributed by atoms with Gasteiger partial charge in [0.2, 0.25) is 5.91 Å². The highest BCUT2D eigenvalue weighted by Crippen LogP contribution is 2.61. The van der Waals surface area contributed by atoms with Gasteiger partial charge < -0.3 is 9.88 Å². The minimum atomic E-state index is -0.103. The van der Waals surface area contributed by atoms with Gasteiger partial charge in [-0.05, 0) is 73.8 Å². The number of nitrogens with zero attached hydrogens (tertiary/aromatic N) is 3. The van der Waals surface area contributed by atoms with Gasteiger partial charge >= 0.3 is 0 Å². The Bertz CT molecular complexity index is 952. The fourth-order valence-electron chi connectivity index (χ4n) is 6.59. The van der Waals surface area contributed by atoms with E-state index in [-0.39, 0.29) is 11.7 Å². The first-order valence-corrected chi connectivity index (χ1v) is 12.6. The van der Waals surface area contributed by atoms with Gasteiger partial charge in [0.15, 0.2) is 5.16 Å². The number of rotatable bonds is 8. The smallest absolute Gasteiger partial charge is 0.234 e. The molecule has 164 valence electrons. The number of carbonyl (C=O) groups is 1. The lowest BCUT2D eigenvalue weighted by Crippen LogP contribution is -2.47. The lowest BCUT2D eigenvalue weighted by molar-refractivity contribution is -0.113. The molecule has 1 amide bonds. The maximum Gasteiger partial charge on any atom is 0.234 e. The minimum Gasteiger partial charge on any atom is -0.324 e. The van der Waals surface area contributed by atoms with Gasteiger partial charge in [0, 0.05) is 13.0 Å². The topological polar surface area (TPSA) is 59.8 Å². The Kier molecular flexibility index (Phi) is 5.86. The van der Waals surface area contributed by atoms with Crippen molar-refractivity contribution in [3.05, 3.63) is 47.8 Å². The zero-order valence-electron chi connectivity index (χ0n) is 17.7. The summed E-state index contributed by atoms with van der Waals surface area (Å²) in [5, 5.41) is 13.2. The number of amides is 1. The summed E-state index contributed by atoms with van der Waals surface area (Å²) >= 11 is 7.56. The predicted octanol–water partition coefficient (Wildman–Crippen LogP) is 5.61. The van der Waals surface area contributed by atoms with Crippen LogP contribution in [-0.4, -0.2) is 26.4 Å². The number of hydrogen-bond donors (Lipinski definition) is 1. The van der Waals surface area contributed by atoms with Crippen LogP contribution in [0.15, 0.2) is 42.1 Å². The SMILES string of the molecule is C=CCn1c(CC23CC4CC(CC(C4)C2)C3)nnc1SCC(=O)Nc1ccccc1Cl. The van der Waals surface area contributed by atoms with E-state index in [1.54, 1.807) is 12.1 Å². The molecule has 7 heteroatoms. The van der Waals surface area contributed by atoms with E-state index in [4.69, 9.17) is 11.6 Å². The zero-order valence-corrected chi connectivity index (χ0v) is 19.3. The van der Waals surface area contributed by atoms with E-state index in [0.717, 1.165) is 35.2 Å². The molecule has 0 saturated heterocycles. The molecule has 4 aliphatic rings. The van der Waals surface area contributed by atoms with Crippen LogP contribution < -0.4 is 5.32 Å². The van der Waals surface area contributed by atoms with Crippen LogP contribution in [0.5, 0.6) is 0 Å². The molecule has 6 rings (SSSR count). The molecule has 5 nitrogen and oxygen atoms in total. The average molecular weight is 457 g/mol. The second-order valence-corrected chi connectivity index (χ2v) is 11.1. The Morgan fingerprint density at radius 3 is 2.52 bits per heavy atom. The van der Waals surface area contributed by atoms with Crippen LogP contribution >= 0.6 is 23.4 Å². The van der Waals surface area contributed by atoms with Crippen molar-refractivity contribution in [2.75, 3.05) is 11.1 Å². The molecule has 4 bridgehead atoms. The first-order chi connectivity index (χ1) is 15.0. The number of hydrogen-bond acceptors (Lipinski definition) is 4. The second-order valence-electron chi connectivity index (χ2n) is 9.71. The average Bonchev–Trinajstić information content (AvgIpc) is 3.08. The number of anilines is 1. The van der Waals surface area contributed by atoms with Gasteiger partial charge in [-0.2, -0.15) is 0 Å². The van der Waals surface area contributed by atoms with Crippen LogP contribution in [0, 0.1) is 23.2 Å². The summed E-state index contributed by atoms with van der Waals surface area (Å²) in [6.45, 7) is 4.60. The van der Waals surface area contributed by atoms with Crippen LogP contribution in [0.4, 0.5) is 5.69 Å². The van der Waals surface area contributed by atoms with Crippen LogP contribution in [-0.2, 0) is 17.8 Å². The van der Waals surface area contributed by atoms with Gasteiger partial charge in [0.25, 0.3) is 0 Å². The Hall–Kier alpha value is -1.79. The molecule has 1 aromatic carbocycles. The van der Waals surface area contributed by atoms with E-state index in [9.17, 15) is 4.79 Å². The van der Waals surface area contributed by atoms with Crippen LogP contribution in [0.25, 0.3) is 0 Å². The summed E-state index contributed by atoms with van der Waals surface area (Å²) in [4.78, 5) is 12.4. The Morgan fingerprint density at radius 1 is 1.19 bits per heavy atom. The molecule has 0 radical (unpaired) electrons. The summed E-state index contributed by atoms with van der Waals surface area (Å²) < 4.78 is 2.15. The van der Waals surface area contributed by atoms with Gasteiger partial charge in [-0.15, -0.1) is 16.8 Å². The predicted molar refractivity (Wildman–Crippen MR) is 125 cm³/mol. The van der Waals surface area contributed by atoms with Crippen molar-refractivity contribution >= 4 is 35.0 Å². The van der Waals surface area contributed by atoms with Crippen LogP contribution in [0.2, 0.25) is 5.02 Å². The van der Waals surface area contributed by atoms with Crippen LogP contribution in [0.3, 0.4) is 0 Å². The summed E-state index contributed by atoms with van der Waals surface area (Å²) in [6.07, 6.45) is 11.3. The fourth-order valence-corrected chi connectivity index (χ4v) is 7.54. The Balaban J connectivity index is 1.27. The van der Waals surface area contributed by atoms with E-state index in [1.807, 2.05) is 18.2 Å². The van der Waals surface area contributed by atoms with Gasteiger partial charge in [-0.3, -0.25) is 4.79 Å². The van der Waals surface area contributed by atoms with Crippen molar-refractivity contribution in [3.63, 3.8) is 0 Å². The molecule has 1 heterocycles. The largest absolute Gasteiger partial charge is 0.324 e. The number of thioether (sulfide) groups is 1. The highest BCUT2D eigenvalue weighted by molar-refractivity contribution is 7.99. The molecule has 0 spiro atoms. The number of para-hydroxylation sites is 1. The maximum atomic E-state index is 12.4. The number of aromatic nitrogens is 3. The standard InChI is InChI=1S/C24H29ClN4OS/c1-2-7-29-21(14-24-11-16-8-17(12-24)10-18(9-16)13-24)27-28-23(29)31-15-22(30)26-20-6-4-3-5-19(20)25/h2-6,16-18H,1,7-15H2,(H,26,30). The van der Waals surface area contributed by atoms with Crippen molar-refractivity contribution in [1.82, 2.24) is 14.8 Å². The molecular weight excluding hydrogens is 428 g/mol. The molecule has 4 saturated carbocycles. The van der Waals surface area contributed by atoms with Crippen molar-refractivity contribution < 1.29 is 4.79 Å². The summed E-state index contributed by atoms with van der Waals surface area (Å²) in [6, 6.07) is 7.26. The molecule has 0 aliphatic heterocycles. The first kappa shape index (κ1) is 21.1. The van der Waals surface area contributed by atoms with E-state index in [2.05, 4.69) is 26.7 Å². The van der Waals surface area contributed by atoms with Gasteiger partial charge in [-0.25, -0.2) is 0 Å². The molecule has 1 aromatic heterocycles. The third kappa shape index (κ3) is 4.42. The maximum absolute atomic E-state index is 12.4. The monoisotopic (exact) mass is 456 g/mol. The highest BCUT2D eigenvalue weighted by atomic mass is 35.5. The molecule has 2 aromatic rings. The third-order valence-electron chi connectivity index (χ3n) is 7.28. The number of halogens is 1. The number of nitrogens with one attached hydrogen (secondary N) is 1. The molecule has 4 aliphatic carbocycles. The van der Waals surface area contributed by atoms with E-state index < -0.39 is 0 Å². The van der Waals surface area contributed by atoms with Gasteiger partial charge in [0.1, 0.15) is 5.82 Å². The van der Waals surface area contributed by atoms with Crippen molar-refractivity contribution in [1.29, 1.82) is 0 Å². The molecular formula is C24H29ClN4OS. The van der Waals surface area contributed by atoms with E-state index in [0.29, 0.717) is 22.7 Å². The lowest BCUT2D eigenvalue weighted by atomic mass is 9.49. The zero-order chi connectivity index (χ0) is 21.4. The highest BCUT2D eigenvalue weighted by Gasteiger charge is 2.51. The van der Waals surface area contributed by atoms with Crippen molar-refractivity contribution in [3.8, 4) is 0 Å². The third-order valence-corrected chi connectivity index (χ3v) is 8.58. The normalized spacial score (nSPS) is 28.6. The lowest BCUT2D eigenvalue weighted by Gasteiger charge is -2.56. The molecule has 4 fully saturated rings. The second kappa shape index (κ2) is 8.62. The number of carbonyl (C=O) groups excluding carboxylic acids is 1. The van der Waals surface area contributed by atoms with Gasteiger partial charge in [-0.1, -0.05) is 41.6 Å². The van der Waals surface area contributed by atoms with Gasteiger partial charge in [0.05, 0.1) is 16.5 Å². The summed E-state index contributed by atoms with van der Waals surface area (Å²) in [7, 11) is 0. The molecule has 0 atom stereocenters. The quantitative estimate of drug-likeness (QED) is 0.414. The van der Waals surface area contributed by atoms with Crippen molar-refractivity contribution in [2.24, 2.45) is 23.2 Å². The number of benzene rings is 1. The number of allylic oxidation sites excluding steroid dienone is 1. The van der Waals surface area contributed by atoms with Crippen LogP contribution in [0.1, 0.15) is 44.3 Å². The Labute approximate surface area is 193 Å². The summed E-state index contributed by atoms with van der Waals surface area (Å²) in [5.74, 6) is 3.97. The Morgan fingerprint density at radius 2 is 1.87 bits per heavy atom. The molecule has 0 unspecified atom stereocenters. The molecule has 1 N–H and O–H groups in total. The molecule has 31 heavy (non-hydrogen) atoms. The fraction of sp³-hybridized carbons (Fsp3) is 0.542. The van der Waals surface area contributed by atoms with E-state index >= 15 is 0 Å². The minimum absolute atomic E-state index is 0.103. The summed E-state index contributed by atoms with van der Waals surface area (Å²) in [5.41, 5.74) is 1.04. The van der Waals surface area contributed by atoms with E-state index in [1.165, 1.54) is 50.3 Å². The van der Waals surface area contributed by atoms with Crippen molar-refractivity contribution in [2.45, 2.75) is 56.6 Å².